The van der Waals surface area contributed by atoms with Crippen molar-refractivity contribution in [3.8, 4) is 0 Å². The molecule has 6 rings (SSSR count). The van der Waals surface area contributed by atoms with Crippen molar-refractivity contribution in [2.45, 2.75) is 0 Å². The van der Waals surface area contributed by atoms with Gasteiger partial charge in [-0.05, 0) is 33.9 Å². The average molecular weight is 640 g/mol. The zero-order valence-corrected chi connectivity index (χ0v) is 21.1. The van der Waals surface area contributed by atoms with Crippen molar-refractivity contribution in [2.75, 3.05) is 0 Å². The fourth-order valence-electron chi connectivity index (χ4n) is 3.47. The number of pyridine rings is 2. The van der Waals surface area contributed by atoms with Gasteiger partial charge < -0.3 is 9.97 Å². The molecule has 0 unspecified atom stereocenters. The number of fused-ring (bicyclic) bond motifs is 6. The molecule has 0 saturated heterocycles. The molecular formula is C26H16Cl2N2Pd2. The van der Waals surface area contributed by atoms with Crippen LogP contribution in [0.4, 0.5) is 0 Å². The van der Waals surface area contributed by atoms with E-state index in [0.29, 0.717) is 0 Å². The van der Waals surface area contributed by atoms with Gasteiger partial charge in [0.15, 0.2) is 0 Å². The minimum Gasteiger partial charge on any atom is -0.304 e. The second-order valence-corrected chi connectivity index (χ2v) is 6.55. The zero-order chi connectivity index (χ0) is 22.8. The summed E-state index contributed by atoms with van der Waals surface area (Å²) < 4.78 is 0. The smallest absolute Gasteiger partial charge is 0.0161 e. The molecule has 0 aliphatic carbocycles. The van der Waals surface area contributed by atoms with Crippen molar-refractivity contribution in [1.29, 1.82) is 0 Å². The quantitative estimate of drug-likeness (QED) is 0.0965. The van der Waals surface area contributed by atoms with Crippen LogP contribution in [0.3, 0.4) is 0 Å². The summed E-state index contributed by atoms with van der Waals surface area (Å²) in [4.78, 5) is 8.76. The number of nitrogens with zero attached hydrogens (tertiary/aromatic N) is 2. The molecule has 0 amide bonds. The van der Waals surface area contributed by atoms with Crippen molar-refractivity contribution < 1.29 is 36.4 Å². The van der Waals surface area contributed by atoms with Gasteiger partial charge in [0.2, 0.25) is 0 Å². The number of halogens is 2. The topological polar surface area (TPSA) is 25.8 Å². The normalized spacial score (nSPS) is 9.94. The van der Waals surface area contributed by atoms with E-state index in [-0.39, 0.29) is 0 Å². The Balaban J connectivity index is 0.000000157. The zero-order valence-electron chi connectivity index (χ0n) is 16.5. The fraction of sp³-hybridized carbons (Fsp3) is 0. The molecule has 0 spiro atoms. The largest absolute Gasteiger partial charge is 0.304 e. The molecule has 2 heterocycles. The van der Waals surface area contributed by atoms with Gasteiger partial charge in [-0.2, -0.15) is 0 Å². The van der Waals surface area contributed by atoms with Crippen LogP contribution in [0.5, 0.6) is 0 Å². The predicted molar refractivity (Wildman–Crippen MR) is 128 cm³/mol. The number of hydrogen-bond donors (Lipinski definition) is 0. The maximum atomic E-state index is 4.49. The molecule has 0 saturated carbocycles. The van der Waals surface area contributed by atoms with Gasteiger partial charge in [0.05, 0.1) is 0 Å². The first kappa shape index (κ1) is 24.8. The Morgan fingerprint density at radius 2 is 0.875 bits per heavy atom. The van der Waals surface area contributed by atoms with Crippen LogP contribution in [-0.2, 0) is 36.4 Å². The second-order valence-electron chi connectivity index (χ2n) is 6.55. The Morgan fingerprint density at radius 1 is 0.500 bits per heavy atom. The molecule has 4 aromatic carbocycles. The first-order valence-electron chi connectivity index (χ1n) is 9.42. The molecule has 0 fully saturated rings. The molecule has 32 heavy (non-hydrogen) atoms. The summed E-state index contributed by atoms with van der Waals surface area (Å²) in [5.74, 6) is 0. The molecule has 0 N–H and O–H groups in total. The first-order valence-corrected chi connectivity index (χ1v) is 13.4. The Labute approximate surface area is 216 Å². The number of hydrogen-bond acceptors (Lipinski definition) is 2. The molecule has 0 atom stereocenters. The third-order valence-electron chi connectivity index (χ3n) is 4.81. The van der Waals surface area contributed by atoms with Crippen molar-refractivity contribution in [1.82, 2.24) is 9.97 Å². The molecule has 0 aliphatic rings. The Morgan fingerprint density at radius 3 is 1.31 bits per heavy atom. The maximum Gasteiger partial charge on any atom is 0.0161 e. The van der Waals surface area contributed by atoms with E-state index in [4.69, 9.17) is 0 Å². The van der Waals surface area contributed by atoms with Crippen LogP contribution in [0.25, 0.3) is 43.4 Å². The van der Waals surface area contributed by atoms with Crippen LogP contribution >= 0.6 is 19.1 Å². The predicted octanol–water partition coefficient (Wildman–Crippen LogP) is 7.75. The van der Waals surface area contributed by atoms with Gasteiger partial charge in [-0.25, -0.2) is 0 Å². The van der Waals surface area contributed by atoms with Gasteiger partial charge in [-0.15, -0.1) is 70.1 Å². The van der Waals surface area contributed by atoms with Crippen LogP contribution in [0.2, 0.25) is 0 Å². The van der Waals surface area contributed by atoms with Crippen molar-refractivity contribution >= 4 is 62.4 Å². The van der Waals surface area contributed by atoms with Gasteiger partial charge in [0.25, 0.3) is 0 Å². The number of benzene rings is 4. The van der Waals surface area contributed by atoms with Gasteiger partial charge in [0, 0.05) is 12.4 Å². The van der Waals surface area contributed by atoms with Crippen LogP contribution in [0, 0.1) is 12.1 Å². The minimum absolute atomic E-state index is 1.03. The molecule has 0 bridgehead atoms. The number of aromatic nitrogens is 2. The molecule has 0 radical (unpaired) electrons. The third-order valence-corrected chi connectivity index (χ3v) is 4.81. The Bertz CT molecular complexity index is 1220. The summed E-state index contributed by atoms with van der Waals surface area (Å²) in [5, 5.41) is 6.93. The Hall–Kier alpha value is -1.88. The van der Waals surface area contributed by atoms with Crippen LogP contribution < -0.4 is 0 Å². The van der Waals surface area contributed by atoms with Crippen LogP contribution in [-0.4, -0.2) is 9.97 Å². The van der Waals surface area contributed by atoms with Crippen molar-refractivity contribution in [3.63, 3.8) is 0 Å². The summed E-state index contributed by atoms with van der Waals surface area (Å²) in [5.41, 5.74) is 2.07. The van der Waals surface area contributed by atoms with Crippen molar-refractivity contribution in [3.05, 3.63) is 109 Å². The minimum atomic E-state index is 1.03. The standard InChI is InChI=1S/2C13H8N.2ClH.2Pd/c2*1-2-6-12-10(4-1)7-8-11-5-3-9-14-13(11)12;;;;/h2*1-5,7-9H;2*1H;;/q2*-1;;;2*+2/p-2. The van der Waals surface area contributed by atoms with E-state index in [1.54, 1.807) is 0 Å². The summed E-state index contributed by atoms with van der Waals surface area (Å²) in [6, 6.07) is 34.9. The average Bonchev–Trinajstić information content (AvgIpc) is 2.91. The SMILES string of the molecule is [Cl][Pd+].[Cl][Pd+].[c-]1cccc2ccc3cccnc3c12.[c-]1cccc2ccc3cccnc3c12. The van der Waals surface area contributed by atoms with Gasteiger partial charge in [0.1, 0.15) is 0 Å². The van der Waals surface area contributed by atoms with Crippen molar-refractivity contribution in [2.24, 2.45) is 0 Å². The molecule has 2 nitrogen and oxygen atoms in total. The molecular weight excluding hydrogens is 624 g/mol. The van der Waals surface area contributed by atoms with E-state index < -0.39 is 0 Å². The summed E-state index contributed by atoms with van der Waals surface area (Å²) in [6.07, 6.45) is 3.64. The molecule has 6 aromatic rings. The summed E-state index contributed by atoms with van der Waals surface area (Å²) >= 11 is 4.44. The number of rotatable bonds is 0. The van der Waals surface area contributed by atoms with E-state index in [9.17, 15) is 0 Å². The summed E-state index contributed by atoms with van der Waals surface area (Å²) in [7, 11) is 8.98. The van der Waals surface area contributed by atoms with Gasteiger partial charge >= 0.3 is 55.4 Å². The van der Waals surface area contributed by atoms with E-state index >= 15 is 0 Å². The van der Waals surface area contributed by atoms with E-state index in [1.807, 2.05) is 48.8 Å². The second kappa shape index (κ2) is 13.0. The monoisotopic (exact) mass is 638 g/mol. The molecule has 2 aromatic heterocycles. The van der Waals surface area contributed by atoms with Gasteiger partial charge in [-0.3, -0.25) is 0 Å². The van der Waals surface area contributed by atoms with E-state index in [1.165, 1.54) is 21.5 Å². The molecule has 164 valence electrons. The van der Waals surface area contributed by atoms with Crippen LogP contribution in [0.15, 0.2) is 97.3 Å². The van der Waals surface area contributed by atoms with Gasteiger partial charge in [-0.1, -0.05) is 36.4 Å². The third kappa shape index (κ3) is 5.72. The van der Waals surface area contributed by atoms with E-state index in [0.717, 1.165) is 21.8 Å². The van der Waals surface area contributed by atoms with E-state index in [2.05, 4.69) is 126 Å². The summed E-state index contributed by atoms with van der Waals surface area (Å²) in [6.45, 7) is 0. The Kier molecular flexibility index (Phi) is 10.0. The van der Waals surface area contributed by atoms with Crippen LogP contribution in [0.1, 0.15) is 0 Å². The first-order chi connectivity index (χ1) is 15.9. The fourth-order valence-corrected chi connectivity index (χ4v) is 3.47. The molecule has 0 aliphatic heterocycles. The maximum absolute atomic E-state index is 4.49. The molecule has 6 heteroatoms.